The molecule has 2 aromatic carbocycles. The molecule has 3 rings (SSSR count). The summed E-state index contributed by atoms with van der Waals surface area (Å²) in [5.41, 5.74) is 2.47. The zero-order valence-electron chi connectivity index (χ0n) is 15.9. The Kier molecular flexibility index (Phi) is 7.38. The van der Waals surface area contributed by atoms with Crippen molar-refractivity contribution in [2.24, 2.45) is 5.92 Å². The minimum absolute atomic E-state index is 0.653. The van der Waals surface area contributed by atoms with Crippen molar-refractivity contribution in [2.75, 3.05) is 20.3 Å². The molecule has 0 radical (unpaired) electrons. The normalized spacial score (nSPS) is 15.0. The monoisotopic (exact) mass is 353 g/mol. The summed E-state index contributed by atoms with van der Waals surface area (Å²) in [6, 6.07) is 16.6. The van der Waals surface area contributed by atoms with Crippen molar-refractivity contribution < 1.29 is 9.47 Å². The molecule has 0 atom stereocenters. The van der Waals surface area contributed by atoms with Crippen LogP contribution in [0.15, 0.2) is 48.5 Å². The van der Waals surface area contributed by atoms with Crippen LogP contribution in [0.25, 0.3) is 0 Å². The van der Waals surface area contributed by atoms with Gasteiger partial charge in [-0.2, -0.15) is 0 Å². The molecule has 0 aromatic heterocycles. The first-order chi connectivity index (χ1) is 12.9. The molecule has 0 aliphatic heterocycles. The van der Waals surface area contributed by atoms with Crippen molar-refractivity contribution in [3.05, 3.63) is 59.7 Å². The summed E-state index contributed by atoms with van der Waals surface area (Å²) in [6.45, 7) is 2.58. The Morgan fingerprint density at radius 3 is 2.54 bits per heavy atom. The van der Waals surface area contributed by atoms with Gasteiger partial charge in [-0.25, -0.2) is 0 Å². The predicted molar refractivity (Wildman–Crippen MR) is 107 cm³/mol. The molecular formula is C23H31NO2. The molecule has 0 amide bonds. The molecule has 1 N–H and O–H groups in total. The van der Waals surface area contributed by atoms with Gasteiger partial charge in [-0.1, -0.05) is 61.7 Å². The van der Waals surface area contributed by atoms with E-state index in [1.54, 1.807) is 7.11 Å². The van der Waals surface area contributed by atoms with E-state index in [-0.39, 0.29) is 0 Å². The van der Waals surface area contributed by atoms with E-state index in [4.69, 9.17) is 9.47 Å². The number of benzene rings is 2. The van der Waals surface area contributed by atoms with Crippen molar-refractivity contribution in [2.45, 2.75) is 45.1 Å². The van der Waals surface area contributed by atoms with Crippen molar-refractivity contribution in [1.82, 2.24) is 5.32 Å². The number of ether oxygens (including phenoxy) is 2. The summed E-state index contributed by atoms with van der Waals surface area (Å²) in [6.07, 6.45) is 7.81. The SMILES string of the molecule is COc1cccc(CNCC2CCCCC2)c1OCCc1ccccc1. The topological polar surface area (TPSA) is 30.5 Å². The minimum atomic E-state index is 0.653. The summed E-state index contributed by atoms with van der Waals surface area (Å²) in [5.74, 6) is 2.52. The van der Waals surface area contributed by atoms with Gasteiger partial charge in [0.25, 0.3) is 0 Å². The smallest absolute Gasteiger partial charge is 0.165 e. The summed E-state index contributed by atoms with van der Waals surface area (Å²) in [5, 5.41) is 3.64. The van der Waals surface area contributed by atoms with E-state index in [0.29, 0.717) is 6.61 Å². The maximum atomic E-state index is 6.14. The lowest BCUT2D eigenvalue weighted by molar-refractivity contribution is 0.292. The summed E-state index contributed by atoms with van der Waals surface area (Å²) in [4.78, 5) is 0. The second-order valence-corrected chi connectivity index (χ2v) is 7.17. The molecule has 26 heavy (non-hydrogen) atoms. The standard InChI is InChI=1S/C23H31NO2/c1-25-22-14-8-13-21(18-24-17-20-11-6-3-7-12-20)23(22)26-16-15-19-9-4-2-5-10-19/h2,4-5,8-10,13-14,20,24H,3,6-7,11-12,15-18H2,1H3. The fourth-order valence-electron chi connectivity index (χ4n) is 3.74. The van der Waals surface area contributed by atoms with Crippen molar-refractivity contribution in [3.8, 4) is 11.5 Å². The van der Waals surface area contributed by atoms with Crippen LogP contribution in [0.2, 0.25) is 0 Å². The number of para-hydroxylation sites is 1. The number of nitrogens with one attached hydrogen (secondary N) is 1. The van der Waals surface area contributed by atoms with E-state index in [2.05, 4.69) is 35.6 Å². The maximum absolute atomic E-state index is 6.14. The van der Waals surface area contributed by atoms with E-state index in [0.717, 1.165) is 36.9 Å². The highest BCUT2D eigenvalue weighted by Crippen LogP contribution is 2.31. The molecule has 0 bridgehead atoms. The first kappa shape index (κ1) is 18.8. The molecule has 3 heteroatoms. The lowest BCUT2D eigenvalue weighted by Crippen LogP contribution is -2.24. The first-order valence-corrected chi connectivity index (χ1v) is 9.90. The number of methoxy groups -OCH3 is 1. The predicted octanol–water partition coefficient (Wildman–Crippen LogP) is 4.99. The van der Waals surface area contributed by atoms with Gasteiger partial charge in [0.15, 0.2) is 11.5 Å². The summed E-state index contributed by atoms with van der Waals surface area (Å²) < 4.78 is 11.7. The third-order valence-corrected chi connectivity index (χ3v) is 5.23. The van der Waals surface area contributed by atoms with Crippen LogP contribution in [0.5, 0.6) is 11.5 Å². The Morgan fingerprint density at radius 2 is 1.77 bits per heavy atom. The molecule has 140 valence electrons. The van der Waals surface area contributed by atoms with Gasteiger partial charge in [-0.05, 0) is 36.9 Å². The Bertz CT molecular complexity index is 651. The fraction of sp³-hybridized carbons (Fsp3) is 0.478. The highest BCUT2D eigenvalue weighted by Gasteiger charge is 2.14. The lowest BCUT2D eigenvalue weighted by atomic mass is 9.89. The van der Waals surface area contributed by atoms with Crippen molar-refractivity contribution in [1.29, 1.82) is 0 Å². The molecule has 2 aromatic rings. The lowest BCUT2D eigenvalue weighted by Gasteiger charge is -2.22. The average molecular weight is 354 g/mol. The Morgan fingerprint density at radius 1 is 0.962 bits per heavy atom. The number of hydrogen-bond acceptors (Lipinski definition) is 3. The van der Waals surface area contributed by atoms with Crippen LogP contribution in [-0.4, -0.2) is 20.3 Å². The molecule has 3 nitrogen and oxygen atoms in total. The van der Waals surface area contributed by atoms with Crippen LogP contribution in [0.1, 0.15) is 43.2 Å². The number of rotatable bonds is 9. The number of hydrogen-bond donors (Lipinski definition) is 1. The van der Waals surface area contributed by atoms with Crippen molar-refractivity contribution >= 4 is 0 Å². The molecule has 0 spiro atoms. The third kappa shape index (κ3) is 5.50. The van der Waals surface area contributed by atoms with Gasteiger partial charge in [0.05, 0.1) is 13.7 Å². The van der Waals surface area contributed by atoms with Gasteiger partial charge >= 0.3 is 0 Å². The molecule has 0 heterocycles. The highest BCUT2D eigenvalue weighted by atomic mass is 16.5. The van der Waals surface area contributed by atoms with Crippen LogP contribution < -0.4 is 14.8 Å². The third-order valence-electron chi connectivity index (χ3n) is 5.23. The second kappa shape index (κ2) is 10.2. The van der Waals surface area contributed by atoms with E-state index in [1.807, 2.05) is 18.2 Å². The molecule has 0 saturated heterocycles. The summed E-state index contributed by atoms with van der Waals surface area (Å²) in [7, 11) is 1.71. The first-order valence-electron chi connectivity index (χ1n) is 9.90. The maximum Gasteiger partial charge on any atom is 0.165 e. The van der Waals surface area contributed by atoms with Gasteiger partial charge in [0.2, 0.25) is 0 Å². The Balaban J connectivity index is 1.56. The van der Waals surface area contributed by atoms with E-state index < -0.39 is 0 Å². The average Bonchev–Trinajstić information content (AvgIpc) is 2.70. The van der Waals surface area contributed by atoms with E-state index in [1.165, 1.54) is 43.2 Å². The van der Waals surface area contributed by atoms with Crippen LogP contribution in [0.3, 0.4) is 0 Å². The van der Waals surface area contributed by atoms with Crippen LogP contribution in [0.4, 0.5) is 0 Å². The molecule has 0 unspecified atom stereocenters. The zero-order valence-corrected chi connectivity index (χ0v) is 15.9. The van der Waals surface area contributed by atoms with Gasteiger partial charge in [-0.3, -0.25) is 0 Å². The van der Waals surface area contributed by atoms with Crippen LogP contribution in [0, 0.1) is 5.92 Å². The molecular weight excluding hydrogens is 322 g/mol. The Labute approximate surface area is 157 Å². The Hall–Kier alpha value is -2.00. The summed E-state index contributed by atoms with van der Waals surface area (Å²) >= 11 is 0. The molecule has 1 saturated carbocycles. The van der Waals surface area contributed by atoms with Crippen LogP contribution >= 0.6 is 0 Å². The largest absolute Gasteiger partial charge is 0.493 e. The molecule has 1 aliphatic carbocycles. The highest BCUT2D eigenvalue weighted by molar-refractivity contribution is 5.46. The second-order valence-electron chi connectivity index (χ2n) is 7.17. The van der Waals surface area contributed by atoms with Crippen molar-refractivity contribution in [3.63, 3.8) is 0 Å². The zero-order chi connectivity index (χ0) is 18.0. The minimum Gasteiger partial charge on any atom is -0.493 e. The van der Waals surface area contributed by atoms with Gasteiger partial charge < -0.3 is 14.8 Å². The van der Waals surface area contributed by atoms with E-state index >= 15 is 0 Å². The quantitative estimate of drug-likeness (QED) is 0.689. The van der Waals surface area contributed by atoms with Crippen LogP contribution in [-0.2, 0) is 13.0 Å². The molecule has 1 aliphatic rings. The van der Waals surface area contributed by atoms with Gasteiger partial charge in [-0.15, -0.1) is 0 Å². The fourth-order valence-corrected chi connectivity index (χ4v) is 3.74. The molecule has 1 fully saturated rings. The van der Waals surface area contributed by atoms with Gasteiger partial charge in [0, 0.05) is 18.5 Å². The van der Waals surface area contributed by atoms with E-state index in [9.17, 15) is 0 Å². The van der Waals surface area contributed by atoms with Gasteiger partial charge in [0.1, 0.15) is 0 Å².